The van der Waals surface area contributed by atoms with Gasteiger partial charge >= 0.3 is 0 Å². The Labute approximate surface area is 156 Å². The molecule has 0 fully saturated rings. The van der Waals surface area contributed by atoms with Gasteiger partial charge in [-0.15, -0.1) is 0 Å². The highest BCUT2D eigenvalue weighted by Crippen LogP contribution is 2.23. The number of hydrogen-bond donors (Lipinski definition) is 3. The maximum atomic E-state index is 10.6. The Morgan fingerprint density at radius 2 is 2.16 bits per heavy atom. The van der Waals surface area contributed by atoms with Crippen LogP contribution in [0, 0.1) is 0 Å². The lowest BCUT2D eigenvalue weighted by atomic mass is 10.00. The number of aliphatic imine (C=N–C) groups is 1. The first-order valence-electron chi connectivity index (χ1n) is 8.92. The third-order valence-electron chi connectivity index (χ3n) is 3.83. The average Bonchev–Trinajstić information content (AvgIpc) is 3.10. The first-order valence-corrected chi connectivity index (χ1v) is 9.86. The van der Waals surface area contributed by atoms with E-state index in [4.69, 9.17) is 4.74 Å². The molecule has 0 radical (unpaired) electrons. The van der Waals surface area contributed by atoms with Gasteiger partial charge in [-0.3, -0.25) is 0 Å². The molecule has 0 saturated carbocycles. The standard InChI is InChI=1S/C18H34N4O2S/c1-6-19-17(20-12-16(24-7-2)8-10-22(4)5)21-14-18(3,23)15-9-11-25-13-15/h9,11,13,16,23H,6-8,10,12,14H2,1-5H3,(H2,19,20,21). The number of ether oxygens (including phenoxy) is 1. The highest BCUT2D eigenvalue weighted by molar-refractivity contribution is 7.08. The summed E-state index contributed by atoms with van der Waals surface area (Å²) in [5.74, 6) is 0.701. The van der Waals surface area contributed by atoms with E-state index < -0.39 is 5.60 Å². The van der Waals surface area contributed by atoms with Crippen LogP contribution in [0.5, 0.6) is 0 Å². The smallest absolute Gasteiger partial charge is 0.191 e. The number of aliphatic hydroxyl groups is 1. The Hall–Kier alpha value is -1.15. The third-order valence-corrected chi connectivity index (χ3v) is 4.51. The Morgan fingerprint density at radius 1 is 1.40 bits per heavy atom. The zero-order valence-electron chi connectivity index (χ0n) is 16.2. The van der Waals surface area contributed by atoms with Crippen molar-refractivity contribution in [2.24, 2.45) is 4.99 Å². The van der Waals surface area contributed by atoms with E-state index in [1.807, 2.05) is 30.7 Å². The zero-order valence-corrected chi connectivity index (χ0v) is 17.0. The van der Waals surface area contributed by atoms with Crippen LogP contribution >= 0.6 is 11.3 Å². The molecule has 7 heteroatoms. The number of thiophene rings is 1. The van der Waals surface area contributed by atoms with E-state index in [0.717, 1.165) is 25.1 Å². The molecule has 3 N–H and O–H groups in total. The largest absolute Gasteiger partial charge is 0.383 e. The van der Waals surface area contributed by atoms with Gasteiger partial charge in [-0.05, 0) is 63.7 Å². The summed E-state index contributed by atoms with van der Waals surface area (Å²) in [7, 11) is 4.13. The summed E-state index contributed by atoms with van der Waals surface area (Å²) < 4.78 is 5.81. The molecule has 0 bridgehead atoms. The van der Waals surface area contributed by atoms with E-state index in [1.54, 1.807) is 18.3 Å². The molecule has 6 nitrogen and oxygen atoms in total. The minimum atomic E-state index is -0.966. The molecular weight excluding hydrogens is 336 g/mol. The van der Waals surface area contributed by atoms with Crippen LogP contribution in [-0.4, -0.2) is 69.0 Å². The van der Waals surface area contributed by atoms with E-state index in [9.17, 15) is 5.11 Å². The predicted molar refractivity (Wildman–Crippen MR) is 106 cm³/mol. The molecule has 1 rings (SSSR count). The summed E-state index contributed by atoms with van der Waals surface area (Å²) >= 11 is 1.58. The van der Waals surface area contributed by atoms with Crippen molar-refractivity contribution in [1.82, 2.24) is 15.5 Å². The average molecular weight is 371 g/mol. The minimum Gasteiger partial charge on any atom is -0.383 e. The molecule has 144 valence electrons. The topological polar surface area (TPSA) is 69.1 Å². The summed E-state index contributed by atoms with van der Waals surface area (Å²) in [6.45, 7) is 9.27. The van der Waals surface area contributed by atoms with Crippen LogP contribution < -0.4 is 10.6 Å². The Morgan fingerprint density at radius 3 is 2.72 bits per heavy atom. The number of guanidine groups is 1. The Bertz CT molecular complexity index is 489. The minimum absolute atomic E-state index is 0.133. The molecule has 1 aromatic rings. The fraction of sp³-hybridized carbons (Fsp3) is 0.722. The van der Waals surface area contributed by atoms with Crippen LogP contribution in [-0.2, 0) is 10.3 Å². The second-order valence-electron chi connectivity index (χ2n) is 6.53. The number of nitrogens with one attached hydrogen (secondary N) is 2. The SMILES string of the molecule is CCNC(=NCC(C)(O)c1ccsc1)NCC(CCN(C)C)OCC. The molecule has 0 aliphatic rings. The van der Waals surface area contributed by atoms with Gasteiger partial charge in [0.2, 0.25) is 0 Å². The normalized spacial score (nSPS) is 15.9. The first-order chi connectivity index (χ1) is 11.9. The van der Waals surface area contributed by atoms with Crippen molar-refractivity contribution in [3.8, 4) is 0 Å². The van der Waals surface area contributed by atoms with Crippen LogP contribution in [0.1, 0.15) is 32.8 Å². The molecule has 1 aromatic heterocycles. The predicted octanol–water partition coefficient (Wildman–Crippen LogP) is 1.87. The Balaban J connectivity index is 2.61. The second kappa shape index (κ2) is 11.5. The molecule has 2 unspecified atom stereocenters. The van der Waals surface area contributed by atoms with Crippen molar-refractivity contribution in [3.63, 3.8) is 0 Å². The van der Waals surface area contributed by atoms with Gasteiger partial charge in [-0.25, -0.2) is 4.99 Å². The summed E-state index contributed by atoms with van der Waals surface area (Å²) in [6.07, 6.45) is 1.09. The van der Waals surface area contributed by atoms with Gasteiger partial charge < -0.3 is 25.4 Å². The quantitative estimate of drug-likeness (QED) is 0.410. The molecule has 0 aromatic carbocycles. The molecule has 0 amide bonds. The lowest BCUT2D eigenvalue weighted by Crippen LogP contribution is -2.43. The van der Waals surface area contributed by atoms with Crippen molar-refractivity contribution >= 4 is 17.3 Å². The number of nitrogens with zero attached hydrogens (tertiary/aromatic N) is 2. The molecule has 0 spiro atoms. The summed E-state index contributed by atoms with van der Waals surface area (Å²) in [4.78, 5) is 6.71. The molecular formula is C18H34N4O2S. The van der Waals surface area contributed by atoms with Gasteiger partial charge in [0, 0.05) is 26.2 Å². The molecule has 1 heterocycles. The molecule has 0 aliphatic carbocycles. The summed E-state index contributed by atoms with van der Waals surface area (Å²) in [6, 6.07) is 1.94. The summed E-state index contributed by atoms with van der Waals surface area (Å²) in [5.41, 5.74) is -0.0673. The first kappa shape index (κ1) is 21.9. The summed E-state index contributed by atoms with van der Waals surface area (Å²) in [5, 5.41) is 21.1. The van der Waals surface area contributed by atoms with Crippen molar-refractivity contribution in [2.45, 2.75) is 38.9 Å². The van der Waals surface area contributed by atoms with Gasteiger partial charge in [0.05, 0.1) is 12.6 Å². The van der Waals surface area contributed by atoms with Crippen molar-refractivity contribution < 1.29 is 9.84 Å². The van der Waals surface area contributed by atoms with E-state index in [0.29, 0.717) is 25.7 Å². The van der Waals surface area contributed by atoms with Crippen LogP contribution in [0.4, 0.5) is 0 Å². The third kappa shape index (κ3) is 8.67. The molecule has 25 heavy (non-hydrogen) atoms. The van der Waals surface area contributed by atoms with Crippen molar-refractivity contribution in [1.29, 1.82) is 0 Å². The number of rotatable bonds is 11. The monoisotopic (exact) mass is 370 g/mol. The van der Waals surface area contributed by atoms with Crippen LogP contribution in [0.25, 0.3) is 0 Å². The van der Waals surface area contributed by atoms with Crippen LogP contribution in [0.2, 0.25) is 0 Å². The zero-order chi connectivity index (χ0) is 18.7. The van der Waals surface area contributed by atoms with Crippen LogP contribution in [0.3, 0.4) is 0 Å². The van der Waals surface area contributed by atoms with Gasteiger partial charge in [0.1, 0.15) is 5.60 Å². The van der Waals surface area contributed by atoms with Crippen LogP contribution in [0.15, 0.2) is 21.8 Å². The molecule has 0 aliphatic heterocycles. The molecule has 2 atom stereocenters. The fourth-order valence-electron chi connectivity index (χ4n) is 2.33. The highest BCUT2D eigenvalue weighted by Gasteiger charge is 2.23. The second-order valence-corrected chi connectivity index (χ2v) is 7.31. The van der Waals surface area contributed by atoms with Gasteiger partial charge in [-0.2, -0.15) is 11.3 Å². The van der Waals surface area contributed by atoms with Gasteiger partial charge in [-0.1, -0.05) is 0 Å². The highest BCUT2D eigenvalue weighted by atomic mass is 32.1. The van der Waals surface area contributed by atoms with E-state index in [1.165, 1.54) is 0 Å². The van der Waals surface area contributed by atoms with E-state index in [2.05, 4.69) is 34.6 Å². The van der Waals surface area contributed by atoms with Crippen molar-refractivity contribution in [2.75, 3.05) is 46.9 Å². The van der Waals surface area contributed by atoms with E-state index >= 15 is 0 Å². The van der Waals surface area contributed by atoms with Gasteiger partial charge in [0.25, 0.3) is 0 Å². The number of hydrogen-bond acceptors (Lipinski definition) is 5. The molecule has 0 saturated heterocycles. The Kier molecular flexibility index (Phi) is 10.0. The van der Waals surface area contributed by atoms with Gasteiger partial charge in [0.15, 0.2) is 5.96 Å². The lowest BCUT2D eigenvalue weighted by molar-refractivity contribution is 0.0546. The van der Waals surface area contributed by atoms with E-state index in [-0.39, 0.29) is 6.10 Å². The maximum absolute atomic E-state index is 10.6. The lowest BCUT2D eigenvalue weighted by Gasteiger charge is -2.23. The maximum Gasteiger partial charge on any atom is 0.191 e. The fourth-order valence-corrected chi connectivity index (χ4v) is 3.11. The van der Waals surface area contributed by atoms with Crippen molar-refractivity contribution in [3.05, 3.63) is 22.4 Å².